The number of anilines is 1. The molecule has 1 aliphatic heterocycles. The van der Waals surface area contributed by atoms with Crippen LogP contribution < -0.4 is 4.72 Å². The zero-order valence-electron chi connectivity index (χ0n) is 16.5. The number of benzene rings is 2. The van der Waals surface area contributed by atoms with Crippen molar-refractivity contribution in [1.29, 1.82) is 0 Å². The summed E-state index contributed by atoms with van der Waals surface area (Å²) in [5.41, 5.74) is 2.17. The van der Waals surface area contributed by atoms with Gasteiger partial charge >= 0.3 is 5.97 Å². The highest BCUT2D eigenvalue weighted by Crippen LogP contribution is 2.20. The Bertz CT molecular complexity index is 1030. The summed E-state index contributed by atoms with van der Waals surface area (Å²) in [7, 11) is -3.85. The molecule has 0 bridgehead atoms. The SMILES string of the molecule is Cc1cccc(NS(=O)(=O)c2ccc(C)c(C(=O)OCCN3CCCC3=O)c2)c1. The van der Waals surface area contributed by atoms with Gasteiger partial charge in [-0.3, -0.25) is 9.52 Å². The first-order valence-electron chi connectivity index (χ1n) is 9.41. The molecule has 8 heteroatoms. The van der Waals surface area contributed by atoms with E-state index in [0.29, 0.717) is 30.8 Å². The standard InChI is InChI=1S/C21H24N2O5S/c1-15-5-3-6-17(13-15)22-29(26,27)18-9-8-16(2)19(14-18)21(25)28-12-11-23-10-4-7-20(23)24/h3,5-6,8-9,13-14,22H,4,7,10-12H2,1-2H3. The van der Waals surface area contributed by atoms with E-state index in [-0.39, 0.29) is 23.0 Å². The predicted octanol–water partition coefficient (Wildman–Crippen LogP) is 2.88. The van der Waals surface area contributed by atoms with Crippen LogP contribution in [0.4, 0.5) is 5.69 Å². The molecule has 1 amide bonds. The molecule has 1 heterocycles. The number of amides is 1. The first-order valence-corrected chi connectivity index (χ1v) is 10.9. The molecule has 154 valence electrons. The summed E-state index contributed by atoms with van der Waals surface area (Å²) in [4.78, 5) is 25.7. The van der Waals surface area contributed by atoms with E-state index in [0.717, 1.165) is 12.0 Å². The van der Waals surface area contributed by atoms with Crippen molar-refractivity contribution in [3.63, 3.8) is 0 Å². The van der Waals surface area contributed by atoms with Crippen LogP contribution in [0.3, 0.4) is 0 Å². The molecule has 0 saturated carbocycles. The molecule has 2 aromatic carbocycles. The lowest BCUT2D eigenvalue weighted by molar-refractivity contribution is -0.128. The van der Waals surface area contributed by atoms with Gasteiger partial charge in [0.25, 0.3) is 10.0 Å². The average Bonchev–Trinajstić information content (AvgIpc) is 3.06. The topological polar surface area (TPSA) is 92.8 Å². The number of likely N-dealkylation sites (tertiary alicyclic amines) is 1. The van der Waals surface area contributed by atoms with Gasteiger partial charge in [-0.2, -0.15) is 0 Å². The highest BCUT2D eigenvalue weighted by atomic mass is 32.2. The quantitative estimate of drug-likeness (QED) is 0.701. The molecule has 3 rings (SSSR count). The van der Waals surface area contributed by atoms with Gasteiger partial charge in [0, 0.05) is 18.7 Å². The summed E-state index contributed by atoms with van der Waals surface area (Å²) < 4.78 is 33.2. The summed E-state index contributed by atoms with van der Waals surface area (Å²) in [6.45, 7) is 4.67. The number of ether oxygens (including phenoxy) is 1. The monoisotopic (exact) mass is 416 g/mol. The molecule has 1 fully saturated rings. The molecule has 0 radical (unpaired) electrons. The van der Waals surface area contributed by atoms with Gasteiger partial charge in [-0.05, 0) is 55.7 Å². The Kier molecular flexibility index (Phi) is 6.22. The minimum Gasteiger partial charge on any atom is -0.460 e. The van der Waals surface area contributed by atoms with E-state index < -0.39 is 16.0 Å². The van der Waals surface area contributed by atoms with Crippen LogP contribution in [0.5, 0.6) is 0 Å². The number of nitrogens with one attached hydrogen (secondary N) is 1. The lowest BCUT2D eigenvalue weighted by atomic mass is 10.1. The Morgan fingerprint density at radius 2 is 1.97 bits per heavy atom. The maximum atomic E-state index is 12.7. The molecule has 1 saturated heterocycles. The van der Waals surface area contributed by atoms with E-state index in [1.54, 1.807) is 36.1 Å². The maximum absolute atomic E-state index is 12.7. The largest absolute Gasteiger partial charge is 0.460 e. The summed E-state index contributed by atoms with van der Waals surface area (Å²) >= 11 is 0. The third-order valence-corrected chi connectivity index (χ3v) is 6.15. The van der Waals surface area contributed by atoms with Crippen LogP contribution in [0, 0.1) is 13.8 Å². The molecule has 29 heavy (non-hydrogen) atoms. The van der Waals surface area contributed by atoms with Crippen LogP contribution in [0.25, 0.3) is 0 Å². The zero-order valence-corrected chi connectivity index (χ0v) is 17.3. The second-order valence-corrected chi connectivity index (χ2v) is 8.75. The number of carbonyl (C=O) groups is 2. The number of aryl methyl sites for hydroxylation is 2. The highest BCUT2D eigenvalue weighted by Gasteiger charge is 2.22. The summed E-state index contributed by atoms with van der Waals surface area (Å²) in [6, 6.07) is 11.4. The van der Waals surface area contributed by atoms with Crippen LogP contribution in [0.1, 0.15) is 34.3 Å². The number of rotatable bonds is 7. The fraction of sp³-hybridized carbons (Fsp3) is 0.333. The second-order valence-electron chi connectivity index (χ2n) is 7.07. The van der Waals surface area contributed by atoms with Crippen LogP contribution in [-0.4, -0.2) is 44.9 Å². The van der Waals surface area contributed by atoms with Crippen molar-refractivity contribution < 1.29 is 22.7 Å². The molecular weight excluding hydrogens is 392 g/mol. The Morgan fingerprint density at radius 1 is 1.17 bits per heavy atom. The normalized spacial score (nSPS) is 14.1. The third-order valence-electron chi connectivity index (χ3n) is 4.78. The Morgan fingerprint density at radius 3 is 2.66 bits per heavy atom. The van der Waals surface area contributed by atoms with Gasteiger partial charge in [0.15, 0.2) is 0 Å². The van der Waals surface area contributed by atoms with Crippen LogP contribution in [0.15, 0.2) is 47.4 Å². The molecule has 7 nitrogen and oxygen atoms in total. The van der Waals surface area contributed by atoms with Crippen molar-refractivity contribution in [3.8, 4) is 0 Å². The minimum absolute atomic E-state index is 0.0220. The first-order chi connectivity index (χ1) is 13.8. The molecular formula is C21H24N2O5S. The molecule has 0 aromatic heterocycles. The lowest BCUT2D eigenvalue weighted by Gasteiger charge is -2.16. The van der Waals surface area contributed by atoms with E-state index >= 15 is 0 Å². The van der Waals surface area contributed by atoms with E-state index in [1.165, 1.54) is 12.1 Å². The van der Waals surface area contributed by atoms with Crippen molar-refractivity contribution in [1.82, 2.24) is 4.90 Å². The van der Waals surface area contributed by atoms with Crippen molar-refractivity contribution in [2.75, 3.05) is 24.4 Å². The summed E-state index contributed by atoms with van der Waals surface area (Å²) in [6.07, 6.45) is 1.35. The Labute approximate surface area is 170 Å². The fourth-order valence-corrected chi connectivity index (χ4v) is 4.25. The highest BCUT2D eigenvalue weighted by molar-refractivity contribution is 7.92. The molecule has 1 aliphatic rings. The van der Waals surface area contributed by atoms with Gasteiger partial charge in [-0.25, -0.2) is 13.2 Å². The zero-order chi connectivity index (χ0) is 21.0. The third kappa shape index (κ3) is 5.14. The van der Waals surface area contributed by atoms with Gasteiger partial charge in [-0.15, -0.1) is 0 Å². The van der Waals surface area contributed by atoms with E-state index in [4.69, 9.17) is 4.74 Å². The number of hydrogen-bond acceptors (Lipinski definition) is 5. The number of hydrogen-bond donors (Lipinski definition) is 1. The first kappa shape index (κ1) is 20.9. The number of sulfonamides is 1. The van der Waals surface area contributed by atoms with Gasteiger partial charge in [0.2, 0.25) is 5.91 Å². The molecule has 0 spiro atoms. The predicted molar refractivity (Wildman–Crippen MR) is 109 cm³/mol. The van der Waals surface area contributed by atoms with E-state index in [9.17, 15) is 18.0 Å². The number of esters is 1. The smallest absolute Gasteiger partial charge is 0.338 e. The van der Waals surface area contributed by atoms with Crippen molar-refractivity contribution >= 4 is 27.6 Å². The van der Waals surface area contributed by atoms with Crippen LogP contribution >= 0.6 is 0 Å². The minimum atomic E-state index is -3.85. The Hall–Kier alpha value is -2.87. The van der Waals surface area contributed by atoms with Crippen LogP contribution in [0.2, 0.25) is 0 Å². The van der Waals surface area contributed by atoms with Crippen molar-refractivity contribution in [2.45, 2.75) is 31.6 Å². The van der Waals surface area contributed by atoms with Gasteiger partial charge in [0.05, 0.1) is 17.0 Å². The second kappa shape index (κ2) is 8.65. The van der Waals surface area contributed by atoms with Crippen molar-refractivity contribution in [2.24, 2.45) is 0 Å². The summed E-state index contributed by atoms with van der Waals surface area (Å²) in [5.74, 6) is -0.547. The fourth-order valence-electron chi connectivity index (χ4n) is 3.18. The van der Waals surface area contributed by atoms with Gasteiger partial charge < -0.3 is 9.64 Å². The maximum Gasteiger partial charge on any atom is 0.338 e. The molecule has 0 aliphatic carbocycles. The molecule has 0 unspecified atom stereocenters. The lowest BCUT2D eigenvalue weighted by Crippen LogP contribution is -2.29. The van der Waals surface area contributed by atoms with Gasteiger partial charge in [0.1, 0.15) is 6.61 Å². The molecule has 2 aromatic rings. The van der Waals surface area contributed by atoms with Crippen LogP contribution in [-0.2, 0) is 19.6 Å². The summed E-state index contributed by atoms with van der Waals surface area (Å²) in [5, 5.41) is 0. The molecule has 0 atom stereocenters. The molecule has 1 N–H and O–H groups in total. The van der Waals surface area contributed by atoms with Crippen molar-refractivity contribution in [3.05, 3.63) is 59.2 Å². The van der Waals surface area contributed by atoms with E-state index in [2.05, 4.69) is 4.72 Å². The van der Waals surface area contributed by atoms with E-state index in [1.807, 2.05) is 13.0 Å². The number of carbonyl (C=O) groups excluding carboxylic acids is 2. The Balaban J connectivity index is 1.71. The average molecular weight is 416 g/mol. The van der Waals surface area contributed by atoms with Gasteiger partial charge in [-0.1, -0.05) is 18.2 Å². The number of nitrogens with zero attached hydrogens (tertiary/aromatic N) is 1.